The van der Waals surface area contributed by atoms with Gasteiger partial charge in [-0.3, -0.25) is 0 Å². The minimum Gasteiger partial charge on any atom is -0.486 e. The Morgan fingerprint density at radius 2 is 1.75 bits per heavy atom. The van der Waals surface area contributed by atoms with E-state index >= 15 is 0 Å². The minimum absolute atomic E-state index is 0.00116. The Balaban J connectivity index is 1.55. The number of carbonyl (C=O) groups is 1. The van der Waals surface area contributed by atoms with Gasteiger partial charge in [0.15, 0.2) is 0 Å². The van der Waals surface area contributed by atoms with Gasteiger partial charge in [-0.2, -0.15) is 0 Å². The van der Waals surface area contributed by atoms with Crippen LogP contribution in [0.1, 0.15) is 49.0 Å². The van der Waals surface area contributed by atoms with Crippen molar-refractivity contribution in [3.05, 3.63) is 24.0 Å². The van der Waals surface area contributed by atoms with Crippen LogP contribution >= 0.6 is 0 Å². The van der Waals surface area contributed by atoms with Crippen molar-refractivity contribution in [2.24, 2.45) is 17.8 Å². The zero-order valence-corrected chi connectivity index (χ0v) is 11.4. The Hall–Kier alpha value is -1.58. The second kappa shape index (κ2) is 4.21. The number of aromatic carboxylic acids is 1. The fourth-order valence-electron chi connectivity index (χ4n) is 4.97. The smallest absolute Gasteiger partial charge is 0.354 e. The lowest BCUT2D eigenvalue weighted by Crippen LogP contribution is -2.53. The number of carboxylic acid groups (broad SMARTS) is 1. The molecule has 4 aliphatic carbocycles. The predicted molar refractivity (Wildman–Crippen MR) is 72.7 cm³/mol. The zero-order valence-electron chi connectivity index (χ0n) is 11.4. The van der Waals surface area contributed by atoms with E-state index in [1.165, 1.54) is 44.6 Å². The molecule has 0 atom stereocenters. The lowest BCUT2D eigenvalue weighted by molar-refractivity contribution is -0.107. The van der Waals surface area contributed by atoms with Crippen molar-refractivity contribution in [1.82, 2.24) is 4.98 Å². The lowest BCUT2D eigenvalue weighted by Gasteiger charge is -2.56. The number of ether oxygens (including phenoxy) is 1. The van der Waals surface area contributed by atoms with E-state index in [0.717, 1.165) is 23.5 Å². The molecule has 1 aromatic heterocycles. The maximum absolute atomic E-state index is 10.8. The normalized spacial score (nSPS) is 37.9. The summed E-state index contributed by atoms with van der Waals surface area (Å²) in [4.78, 5) is 14.8. The Morgan fingerprint density at radius 3 is 2.20 bits per heavy atom. The summed E-state index contributed by atoms with van der Waals surface area (Å²) in [5.41, 5.74) is 0.0733. The quantitative estimate of drug-likeness (QED) is 0.919. The van der Waals surface area contributed by atoms with Crippen LogP contribution in [-0.2, 0) is 0 Å². The molecule has 0 saturated heterocycles. The number of nitrogens with zero attached hydrogens (tertiary/aromatic N) is 1. The predicted octanol–water partition coefficient (Wildman–Crippen LogP) is 3.13. The van der Waals surface area contributed by atoms with E-state index in [1.54, 1.807) is 12.3 Å². The van der Waals surface area contributed by atoms with Gasteiger partial charge < -0.3 is 9.84 Å². The van der Waals surface area contributed by atoms with Crippen molar-refractivity contribution in [1.29, 1.82) is 0 Å². The summed E-state index contributed by atoms with van der Waals surface area (Å²) in [5, 5.41) is 8.88. The van der Waals surface area contributed by atoms with Crippen LogP contribution in [-0.4, -0.2) is 21.7 Å². The van der Waals surface area contributed by atoms with Crippen molar-refractivity contribution >= 4 is 5.97 Å². The molecule has 0 unspecified atom stereocenters. The van der Waals surface area contributed by atoms with Crippen molar-refractivity contribution in [3.63, 3.8) is 0 Å². The maximum atomic E-state index is 10.8. The molecule has 1 aromatic rings. The summed E-state index contributed by atoms with van der Waals surface area (Å²) in [6.45, 7) is 0. The molecule has 0 aromatic carbocycles. The second-order valence-corrected chi connectivity index (χ2v) is 6.89. The average molecular weight is 273 g/mol. The highest BCUT2D eigenvalue weighted by Gasteiger charge is 2.52. The van der Waals surface area contributed by atoms with Crippen molar-refractivity contribution in [2.45, 2.75) is 44.1 Å². The molecule has 5 rings (SSSR count). The van der Waals surface area contributed by atoms with E-state index in [9.17, 15) is 4.79 Å². The van der Waals surface area contributed by atoms with Crippen LogP contribution in [0.15, 0.2) is 18.3 Å². The molecule has 0 radical (unpaired) electrons. The first-order chi connectivity index (χ1) is 9.62. The molecule has 4 nitrogen and oxygen atoms in total. The van der Waals surface area contributed by atoms with Gasteiger partial charge >= 0.3 is 5.97 Å². The highest BCUT2D eigenvalue weighted by atomic mass is 16.5. The maximum Gasteiger partial charge on any atom is 0.354 e. The standard InChI is InChI=1S/C16H19NO3/c18-15(19)14-2-1-13(9-17-14)20-16-6-10-3-11(7-16)5-12(4-10)8-16/h1-2,9-12H,3-8H2,(H,18,19). The second-order valence-electron chi connectivity index (χ2n) is 6.89. The van der Waals surface area contributed by atoms with Crippen molar-refractivity contribution in [3.8, 4) is 5.75 Å². The fraction of sp³-hybridized carbons (Fsp3) is 0.625. The van der Waals surface area contributed by atoms with Crippen LogP contribution in [0.5, 0.6) is 5.75 Å². The molecule has 0 amide bonds. The molecular weight excluding hydrogens is 254 g/mol. The number of carboxylic acids is 1. The number of hydrogen-bond donors (Lipinski definition) is 1. The van der Waals surface area contributed by atoms with Gasteiger partial charge in [-0.05, 0) is 68.4 Å². The van der Waals surface area contributed by atoms with Gasteiger partial charge in [-0.25, -0.2) is 9.78 Å². The molecule has 4 heteroatoms. The summed E-state index contributed by atoms with van der Waals surface area (Å²) >= 11 is 0. The molecule has 0 spiro atoms. The highest BCUT2D eigenvalue weighted by molar-refractivity contribution is 5.85. The molecule has 1 N–H and O–H groups in total. The van der Waals surface area contributed by atoms with E-state index < -0.39 is 5.97 Å². The van der Waals surface area contributed by atoms with E-state index in [-0.39, 0.29) is 11.3 Å². The van der Waals surface area contributed by atoms with Crippen LogP contribution < -0.4 is 4.74 Å². The van der Waals surface area contributed by atoms with Gasteiger partial charge in [0.05, 0.1) is 6.20 Å². The van der Waals surface area contributed by atoms with E-state index in [1.807, 2.05) is 0 Å². The Bertz CT molecular complexity index is 502. The van der Waals surface area contributed by atoms with E-state index in [0.29, 0.717) is 0 Å². The van der Waals surface area contributed by atoms with Gasteiger partial charge in [0.1, 0.15) is 17.0 Å². The zero-order chi connectivity index (χ0) is 13.7. The molecule has 0 aliphatic heterocycles. The van der Waals surface area contributed by atoms with Gasteiger partial charge in [0.25, 0.3) is 0 Å². The average Bonchev–Trinajstić information content (AvgIpc) is 2.37. The van der Waals surface area contributed by atoms with Gasteiger partial charge in [-0.1, -0.05) is 0 Å². The molecule has 4 saturated carbocycles. The van der Waals surface area contributed by atoms with Crippen LogP contribution in [0.2, 0.25) is 0 Å². The molecule has 1 heterocycles. The van der Waals surface area contributed by atoms with E-state index in [2.05, 4.69) is 4.98 Å². The van der Waals surface area contributed by atoms with E-state index in [4.69, 9.17) is 9.84 Å². The first-order valence-corrected chi connectivity index (χ1v) is 7.50. The summed E-state index contributed by atoms with van der Waals surface area (Å²) in [6, 6.07) is 3.27. The third kappa shape index (κ3) is 1.98. The Labute approximate surface area is 118 Å². The summed E-state index contributed by atoms with van der Waals surface area (Å²) in [7, 11) is 0. The summed E-state index contributed by atoms with van der Waals surface area (Å²) in [5.74, 6) is 2.25. The third-order valence-corrected chi connectivity index (χ3v) is 5.27. The van der Waals surface area contributed by atoms with Gasteiger partial charge in [0, 0.05) is 0 Å². The molecule has 4 aliphatic rings. The summed E-state index contributed by atoms with van der Waals surface area (Å²) < 4.78 is 6.29. The van der Waals surface area contributed by atoms with Crippen molar-refractivity contribution < 1.29 is 14.6 Å². The summed E-state index contributed by atoms with van der Waals surface area (Å²) in [6.07, 6.45) is 9.22. The van der Waals surface area contributed by atoms with Crippen molar-refractivity contribution in [2.75, 3.05) is 0 Å². The van der Waals surface area contributed by atoms with Crippen LogP contribution in [0.4, 0.5) is 0 Å². The van der Waals surface area contributed by atoms with Gasteiger partial charge in [0.2, 0.25) is 0 Å². The molecule has 20 heavy (non-hydrogen) atoms. The number of pyridine rings is 1. The lowest BCUT2D eigenvalue weighted by atomic mass is 9.54. The SMILES string of the molecule is O=C(O)c1ccc(OC23CC4CC(CC(C4)C2)C3)cn1. The minimum atomic E-state index is -0.994. The van der Waals surface area contributed by atoms with Gasteiger partial charge in [-0.15, -0.1) is 0 Å². The first kappa shape index (κ1) is 12.2. The van der Waals surface area contributed by atoms with Crippen LogP contribution in [0.3, 0.4) is 0 Å². The number of aromatic nitrogens is 1. The van der Waals surface area contributed by atoms with Crippen LogP contribution in [0, 0.1) is 17.8 Å². The highest BCUT2D eigenvalue weighted by Crippen LogP contribution is 2.56. The first-order valence-electron chi connectivity index (χ1n) is 7.50. The molecule has 106 valence electrons. The molecular formula is C16H19NO3. The monoisotopic (exact) mass is 273 g/mol. The Morgan fingerprint density at radius 1 is 1.15 bits per heavy atom. The molecule has 4 bridgehead atoms. The fourth-order valence-corrected chi connectivity index (χ4v) is 4.97. The number of hydrogen-bond acceptors (Lipinski definition) is 3. The third-order valence-electron chi connectivity index (χ3n) is 5.27. The Kier molecular flexibility index (Phi) is 2.56. The van der Waals surface area contributed by atoms with Crippen LogP contribution in [0.25, 0.3) is 0 Å². The topological polar surface area (TPSA) is 59.4 Å². The number of rotatable bonds is 3. The molecule has 4 fully saturated rings. The largest absolute Gasteiger partial charge is 0.486 e.